The van der Waals surface area contributed by atoms with E-state index in [1.165, 1.54) is 5.56 Å². The highest BCUT2D eigenvalue weighted by Gasteiger charge is 2.06. The minimum atomic E-state index is 0.480. The van der Waals surface area contributed by atoms with E-state index in [1.54, 1.807) is 0 Å². The first-order valence-corrected chi connectivity index (χ1v) is 4.40. The average Bonchev–Trinajstić information content (AvgIpc) is 2.42. The Hall–Kier alpha value is -1.38. The highest BCUT2D eigenvalue weighted by atomic mass is 16.4. The Kier molecular flexibility index (Phi) is 1.79. The summed E-state index contributed by atoms with van der Waals surface area (Å²) in [6.45, 7) is 6.10. The third-order valence-corrected chi connectivity index (χ3v) is 2.04. The van der Waals surface area contributed by atoms with E-state index in [2.05, 4.69) is 23.8 Å². The van der Waals surface area contributed by atoms with E-state index < -0.39 is 0 Å². The maximum absolute atomic E-state index is 5.28. The number of pyridine rings is 1. The molecule has 0 radical (unpaired) electrons. The average molecular weight is 176 g/mol. The Labute approximate surface area is 76.8 Å². The fourth-order valence-corrected chi connectivity index (χ4v) is 1.26. The standard InChI is InChI=1S/C10H12N2O/c1-6(2)8-4-9-10(11-5-8)13-7(3)12-9/h4-6H,1-3H3. The van der Waals surface area contributed by atoms with Gasteiger partial charge in [0.2, 0.25) is 5.71 Å². The third-order valence-electron chi connectivity index (χ3n) is 2.04. The molecule has 0 aliphatic heterocycles. The van der Waals surface area contributed by atoms with E-state index in [4.69, 9.17) is 4.42 Å². The molecule has 0 unspecified atom stereocenters. The normalized spacial score (nSPS) is 11.4. The lowest BCUT2D eigenvalue weighted by Crippen LogP contribution is -1.88. The molecule has 0 bridgehead atoms. The van der Waals surface area contributed by atoms with Crippen LogP contribution in [0.4, 0.5) is 0 Å². The van der Waals surface area contributed by atoms with Crippen molar-refractivity contribution in [2.45, 2.75) is 26.7 Å². The van der Waals surface area contributed by atoms with Crippen LogP contribution in [0.5, 0.6) is 0 Å². The second-order valence-electron chi connectivity index (χ2n) is 3.48. The van der Waals surface area contributed by atoms with Gasteiger partial charge in [-0.25, -0.2) is 9.97 Å². The highest BCUT2D eigenvalue weighted by Crippen LogP contribution is 2.18. The van der Waals surface area contributed by atoms with Gasteiger partial charge in [-0.2, -0.15) is 0 Å². The quantitative estimate of drug-likeness (QED) is 0.670. The maximum atomic E-state index is 5.28. The van der Waals surface area contributed by atoms with Gasteiger partial charge in [-0.15, -0.1) is 0 Å². The molecule has 0 saturated carbocycles. The lowest BCUT2D eigenvalue weighted by Gasteiger charge is -2.01. The number of hydrogen-bond donors (Lipinski definition) is 0. The van der Waals surface area contributed by atoms with Crippen molar-refractivity contribution in [2.75, 3.05) is 0 Å². The molecule has 0 aliphatic carbocycles. The van der Waals surface area contributed by atoms with Crippen molar-refractivity contribution in [2.24, 2.45) is 0 Å². The lowest BCUT2D eigenvalue weighted by atomic mass is 10.1. The van der Waals surface area contributed by atoms with Gasteiger partial charge in [-0.05, 0) is 17.5 Å². The molecule has 2 aromatic rings. The molecular weight excluding hydrogens is 164 g/mol. The van der Waals surface area contributed by atoms with E-state index >= 15 is 0 Å². The van der Waals surface area contributed by atoms with Crippen LogP contribution < -0.4 is 0 Å². The summed E-state index contributed by atoms with van der Waals surface area (Å²) in [6, 6.07) is 2.03. The molecule has 0 N–H and O–H groups in total. The minimum Gasteiger partial charge on any atom is -0.423 e. The monoisotopic (exact) mass is 176 g/mol. The van der Waals surface area contributed by atoms with Crippen LogP contribution in [0.3, 0.4) is 0 Å². The van der Waals surface area contributed by atoms with Crippen molar-refractivity contribution in [3.8, 4) is 0 Å². The summed E-state index contributed by atoms with van der Waals surface area (Å²) in [5, 5.41) is 0. The summed E-state index contributed by atoms with van der Waals surface area (Å²) in [4.78, 5) is 8.42. The zero-order valence-corrected chi connectivity index (χ0v) is 8.03. The maximum Gasteiger partial charge on any atom is 0.246 e. The molecule has 2 heterocycles. The molecule has 0 saturated heterocycles. The summed E-state index contributed by atoms with van der Waals surface area (Å²) >= 11 is 0. The van der Waals surface area contributed by atoms with Gasteiger partial charge in [0.25, 0.3) is 0 Å². The Morgan fingerprint density at radius 2 is 2.15 bits per heavy atom. The van der Waals surface area contributed by atoms with E-state index in [-0.39, 0.29) is 0 Å². The molecule has 68 valence electrons. The molecule has 3 heteroatoms. The molecule has 0 atom stereocenters. The summed E-state index contributed by atoms with van der Waals surface area (Å²) < 4.78 is 5.28. The molecule has 0 fully saturated rings. The summed E-state index contributed by atoms with van der Waals surface area (Å²) in [5.41, 5.74) is 2.67. The molecule has 0 amide bonds. The fraction of sp³-hybridized carbons (Fsp3) is 0.400. The molecule has 13 heavy (non-hydrogen) atoms. The SMILES string of the molecule is Cc1nc2cc(C(C)C)cnc2o1. The van der Waals surface area contributed by atoms with Crippen LogP contribution in [0.15, 0.2) is 16.7 Å². The zero-order valence-electron chi connectivity index (χ0n) is 8.03. The van der Waals surface area contributed by atoms with Crippen molar-refractivity contribution >= 4 is 11.2 Å². The Morgan fingerprint density at radius 1 is 1.38 bits per heavy atom. The van der Waals surface area contributed by atoms with Crippen molar-refractivity contribution < 1.29 is 4.42 Å². The smallest absolute Gasteiger partial charge is 0.246 e. The van der Waals surface area contributed by atoms with Crippen molar-refractivity contribution in [1.29, 1.82) is 0 Å². The van der Waals surface area contributed by atoms with E-state index in [9.17, 15) is 0 Å². The van der Waals surface area contributed by atoms with Crippen molar-refractivity contribution in [3.05, 3.63) is 23.7 Å². The largest absolute Gasteiger partial charge is 0.423 e. The third kappa shape index (κ3) is 1.41. The first-order chi connectivity index (χ1) is 6.16. The van der Waals surface area contributed by atoms with Crippen LogP contribution in [0, 0.1) is 6.92 Å². The lowest BCUT2D eigenvalue weighted by molar-refractivity contribution is 0.551. The summed E-state index contributed by atoms with van der Waals surface area (Å²) in [6.07, 6.45) is 1.84. The van der Waals surface area contributed by atoms with Gasteiger partial charge in [0, 0.05) is 13.1 Å². The Balaban J connectivity index is 2.61. The number of nitrogens with zero attached hydrogens (tertiary/aromatic N) is 2. The van der Waals surface area contributed by atoms with Gasteiger partial charge in [-0.1, -0.05) is 13.8 Å². The molecule has 2 rings (SSSR count). The predicted molar refractivity (Wildman–Crippen MR) is 50.6 cm³/mol. The fourth-order valence-electron chi connectivity index (χ4n) is 1.26. The van der Waals surface area contributed by atoms with Gasteiger partial charge in [0.05, 0.1) is 0 Å². The first kappa shape index (κ1) is 8.23. The molecule has 2 aromatic heterocycles. The van der Waals surface area contributed by atoms with Gasteiger partial charge in [0.1, 0.15) is 5.52 Å². The molecule has 3 nitrogen and oxygen atoms in total. The molecule has 0 aliphatic rings. The van der Waals surface area contributed by atoms with Crippen LogP contribution in [0.2, 0.25) is 0 Å². The predicted octanol–water partition coefficient (Wildman–Crippen LogP) is 2.65. The minimum absolute atomic E-state index is 0.480. The molecule has 0 aromatic carbocycles. The molecular formula is C10H12N2O. The van der Waals surface area contributed by atoms with Crippen molar-refractivity contribution in [3.63, 3.8) is 0 Å². The highest BCUT2D eigenvalue weighted by molar-refractivity contribution is 5.68. The summed E-state index contributed by atoms with van der Waals surface area (Å²) in [5.74, 6) is 1.15. The number of rotatable bonds is 1. The second kappa shape index (κ2) is 2.83. The van der Waals surface area contributed by atoms with Crippen LogP contribution in [-0.4, -0.2) is 9.97 Å². The van der Waals surface area contributed by atoms with Gasteiger partial charge in [0.15, 0.2) is 5.89 Å². The number of aryl methyl sites for hydroxylation is 1. The van der Waals surface area contributed by atoms with Crippen LogP contribution in [-0.2, 0) is 0 Å². The number of hydrogen-bond acceptors (Lipinski definition) is 3. The van der Waals surface area contributed by atoms with Crippen LogP contribution in [0.25, 0.3) is 11.2 Å². The zero-order chi connectivity index (χ0) is 9.42. The van der Waals surface area contributed by atoms with Gasteiger partial charge < -0.3 is 4.42 Å². The number of fused-ring (bicyclic) bond motifs is 1. The molecule has 0 spiro atoms. The number of oxazole rings is 1. The van der Waals surface area contributed by atoms with E-state index in [0.29, 0.717) is 17.5 Å². The first-order valence-electron chi connectivity index (χ1n) is 4.40. The van der Waals surface area contributed by atoms with Gasteiger partial charge >= 0.3 is 0 Å². The van der Waals surface area contributed by atoms with E-state index in [1.807, 2.05) is 19.2 Å². The van der Waals surface area contributed by atoms with Crippen molar-refractivity contribution in [1.82, 2.24) is 9.97 Å². The van der Waals surface area contributed by atoms with E-state index in [0.717, 1.165) is 5.52 Å². The Morgan fingerprint density at radius 3 is 2.85 bits per heavy atom. The topological polar surface area (TPSA) is 38.9 Å². The summed E-state index contributed by atoms with van der Waals surface area (Å²) in [7, 11) is 0. The Bertz CT molecular complexity index is 431. The second-order valence-corrected chi connectivity index (χ2v) is 3.48. The van der Waals surface area contributed by atoms with Crippen LogP contribution >= 0.6 is 0 Å². The van der Waals surface area contributed by atoms with Crippen LogP contribution in [0.1, 0.15) is 31.2 Å². The van der Waals surface area contributed by atoms with Gasteiger partial charge in [-0.3, -0.25) is 0 Å². The number of aromatic nitrogens is 2.